The summed E-state index contributed by atoms with van der Waals surface area (Å²) in [6.45, 7) is 0. The van der Waals surface area contributed by atoms with E-state index in [9.17, 15) is 0 Å². The summed E-state index contributed by atoms with van der Waals surface area (Å²) in [5.41, 5.74) is 10.3. The maximum atomic E-state index is 6.77. The maximum Gasteiger partial charge on any atom is 0.137 e. The van der Waals surface area contributed by atoms with Gasteiger partial charge < -0.3 is 23.4 Å². The van der Waals surface area contributed by atoms with Crippen LogP contribution in [0.4, 0.5) is 22.7 Å². The molecule has 2 aromatic heterocycles. The van der Waals surface area contributed by atoms with Crippen LogP contribution in [-0.4, -0.2) is 6.04 Å². The second-order valence-corrected chi connectivity index (χ2v) is 16.3. The Morgan fingerprint density at radius 2 is 1.25 bits per heavy atom. The summed E-state index contributed by atoms with van der Waals surface area (Å²) in [6.07, 6.45) is 15.6. The standard InChI is InChI=1S/C56H38N2O3/c1-3-13-39(14-4-1)57(47-19-11-23-51-55(47)43-17-7-9-21-49(43)59-51)41-27-25-35-31-45-46-32-36-26-28-42(30-38(36)34-54(46)61-53(45)33-37(35)29-41)58(40-15-5-2-6-16-40)48-20-12-24-52-56(48)44-18-8-10-22-50(44)60-52/h1,3-5,7-34,48,56H,2,6H2. The van der Waals surface area contributed by atoms with Gasteiger partial charge in [-0.25, -0.2) is 0 Å². The summed E-state index contributed by atoms with van der Waals surface area (Å²) in [5.74, 6) is 2.05. The molecule has 2 atom stereocenters. The number of hydrogen-bond acceptors (Lipinski definition) is 5. The Morgan fingerprint density at radius 3 is 2.07 bits per heavy atom. The van der Waals surface area contributed by atoms with E-state index in [1.54, 1.807) is 0 Å². The van der Waals surface area contributed by atoms with Crippen molar-refractivity contribution in [2.24, 2.45) is 0 Å². The van der Waals surface area contributed by atoms with Crippen LogP contribution in [0.25, 0.3) is 65.4 Å². The average molecular weight is 787 g/mol. The molecular formula is C56H38N2O3. The van der Waals surface area contributed by atoms with E-state index in [1.807, 2.05) is 12.1 Å². The third kappa shape index (κ3) is 5.40. The van der Waals surface area contributed by atoms with Gasteiger partial charge in [0.15, 0.2) is 0 Å². The summed E-state index contributed by atoms with van der Waals surface area (Å²) in [7, 11) is 0. The molecule has 13 rings (SSSR count). The molecule has 5 nitrogen and oxygen atoms in total. The molecule has 0 bridgehead atoms. The van der Waals surface area contributed by atoms with Gasteiger partial charge in [-0.3, -0.25) is 0 Å². The van der Waals surface area contributed by atoms with E-state index < -0.39 is 0 Å². The van der Waals surface area contributed by atoms with Crippen molar-refractivity contribution in [2.45, 2.75) is 24.8 Å². The second-order valence-electron chi connectivity index (χ2n) is 16.3. The number of allylic oxidation sites excluding steroid dienone is 5. The molecule has 0 amide bonds. The van der Waals surface area contributed by atoms with E-state index in [4.69, 9.17) is 13.6 Å². The highest BCUT2D eigenvalue weighted by molar-refractivity contribution is 6.15. The quantitative estimate of drug-likeness (QED) is 0.168. The van der Waals surface area contributed by atoms with Gasteiger partial charge in [-0.1, -0.05) is 97.1 Å². The number of ether oxygens (including phenoxy) is 1. The van der Waals surface area contributed by atoms with E-state index in [1.165, 1.54) is 16.6 Å². The van der Waals surface area contributed by atoms with Gasteiger partial charge in [0.1, 0.15) is 33.8 Å². The van der Waals surface area contributed by atoms with Crippen molar-refractivity contribution in [3.63, 3.8) is 0 Å². The zero-order valence-corrected chi connectivity index (χ0v) is 33.2. The normalized spacial score (nSPS) is 16.9. The largest absolute Gasteiger partial charge is 0.461 e. The van der Waals surface area contributed by atoms with Gasteiger partial charge in [-0.2, -0.15) is 0 Å². The molecule has 8 aromatic carbocycles. The summed E-state index contributed by atoms with van der Waals surface area (Å²) in [5, 5.41) is 9.00. The van der Waals surface area contributed by atoms with Crippen LogP contribution >= 0.6 is 0 Å². The van der Waals surface area contributed by atoms with Gasteiger partial charge in [0.25, 0.3) is 0 Å². The number of furan rings is 2. The fourth-order valence-electron chi connectivity index (χ4n) is 10.0. The number of para-hydroxylation sites is 3. The van der Waals surface area contributed by atoms with Crippen LogP contribution < -0.4 is 14.5 Å². The number of benzene rings is 8. The fraction of sp³-hybridized carbons (Fsp3) is 0.0714. The molecule has 0 N–H and O–H groups in total. The van der Waals surface area contributed by atoms with Crippen LogP contribution in [0, 0.1) is 0 Å². The SMILES string of the molecule is C1=CC(N(C2=CCCC=C2)c2ccc3cc4c(cc3c2)oc2cc3cc(N(c5ccccc5)c5cccc6oc7ccccc7c56)ccc3cc24)C2C(=C1)Oc1ccccc12. The highest BCUT2D eigenvalue weighted by Gasteiger charge is 2.40. The summed E-state index contributed by atoms with van der Waals surface area (Å²) >= 11 is 0. The smallest absolute Gasteiger partial charge is 0.137 e. The van der Waals surface area contributed by atoms with Crippen LogP contribution in [0.5, 0.6) is 5.75 Å². The van der Waals surface area contributed by atoms with E-state index in [2.05, 4.69) is 192 Å². The van der Waals surface area contributed by atoms with Crippen molar-refractivity contribution >= 4 is 88.2 Å². The molecule has 0 saturated heterocycles. The zero-order valence-electron chi connectivity index (χ0n) is 33.2. The lowest BCUT2D eigenvalue weighted by Gasteiger charge is -2.38. The number of anilines is 4. The molecule has 0 saturated carbocycles. The van der Waals surface area contributed by atoms with Gasteiger partial charge in [-0.15, -0.1) is 0 Å². The minimum atomic E-state index is 0.0483. The first-order valence-corrected chi connectivity index (χ1v) is 21.1. The topological polar surface area (TPSA) is 42.0 Å². The van der Waals surface area contributed by atoms with Crippen molar-refractivity contribution in [3.8, 4) is 5.75 Å². The molecule has 0 fully saturated rings. The van der Waals surface area contributed by atoms with Crippen LogP contribution in [0.3, 0.4) is 0 Å². The molecule has 290 valence electrons. The Hall–Kier alpha value is -7.76. The first-order valence-electron chi connectivity index (χ1n) is 21.1. The maximum absolute atomic E-state index is 6.77. The highest BCUT2D eigenvalue weighted by atomic mass is 16.5. The predicted octanol–water partition coefficient (Wildman–Crippen LogP) is 15.3. The van der Waals surface area contributed by atoms with Crippen molar-refractivity contribution in [1.82, 2.24) is 0 Å². The lowest BCUT2D eigenvalue weighted by Crippen LogP contribution is -2.39. The predicted molar refractivity (Wildman–Crippen MR) is 250 cm³/mol. The second kappa shape index (κ2) is 13.4. The molecule has 10 aromatic rings. The fourth-order valence-corrected chi connectivity index (χ4v) is 10.0. The van der Waals surface area contributed by atoms with Crippen LogP contribution in [0.2, 0.25) is 0 Å². The molecule has 3 heterocycles. The van der Waals surface area contributed by atoms with Crippen LogP contribution in [-0.2, 0) is 0 Å². The number of nitrogens with zero attached hydrogens (tertiary/aromatic N) is 2. The van der Waals surface area contributed by atoms with Crippen molar-refractivity contribution in [1.29, 1.82) is 0 Å². The molecule has 61 heavy (non-hydrogen) atoms. The lowest BCUT2D eigenvalue weighted by atomic mass is 9.86. The first-order chi connectivity index (χ1) is 30.2. The molecule has 3 aliphatic rings. The average Bonchev–Trinajstić information content (AvgIpc) is 3.99. The monoisotopic (exact) mass is 786 g/mol. The van der Waals surface area contributed by atoms with E-state index in [0.717, 1.165) is 107 Å². The Balaban J connectivity index is 0.922. The number of rotatable bonds is 6. The van der Waals surface area contributed by atoms with Crippen molar-refractivity contribution in [3.05, 3.63) is 211 Å². The summed E-state index contributed by atoms with van der Waals surface area (Å²) < 4.78 is 19.5. The highest BCUT2D eigenvalue weighted by Crippen LogP contribution is 2.49. The Bertz CT molecular complexity index is 3550. The Kier molecular flexibility index (Phi) is 7.49. The van der Waals surface area contributed by atoms with Crippen LogP contribution in [0.1, 0.15) is 24.3 Å². The van der Waals surface area contributed by atoms with E-state index in [0.29, 0.717) is 0 Å². The van der Waals surface area contributed by atoms with E-state index >= 15 is 0 Å². The lowest BCUT2D eigenvalue weighted by molar-refractivity contribution is 0.414. The van der Waals surface area contributed by atoms with Gasteiger partial charge in [0.2, 0.25) is 0 Å². The minimum absolute atomic E-state index is 0.0483. The molecule has 0 spiro atoms. The molecule has 1 aliphatic heterocycles. The third-order valence-electron chi connectivity index (χ3n) is 12.8. The van der Waals surface area contributed by atoms with Gasteiger partial charge in [0.05, 0.1) is 23.0 Å². The summed E-state index contributed by atoms with van der Waals surface area (Å²) in [6, 6.07) is 56.2. The third-order valence-corrected chi connectivity index (χ3v) is 12.8. The van der Waals surface area contributed by atoms with Gasteiger partial charge in [-0.05, 0) is 131 Å². The van der Waals surface area contributed by atoms with Crippen molar-refractivity contribution < 1.29 is 13.6 Å². The Labute approximate surface area is 352 Å². The van der Waals surface area contributed by atoms with Crippen molar-refractivity contribution in [2.75, 3.05) is 9.80 Å². The zero-order chi connectivity index (χ0) is 40.0. The minimum Gasteiger partial charge on any atom is -0.461 e. The molecule has 5 heteroatoms. The molecule has 2 aliphatic carbocycles. The number of hydrogen-bond donors (Lipinski definition) is 0. The van der Waals surface area contributed by atoms with E-state index in [-0.39, 0.29) is 12.0 Å². The van der Waals surface area contributed by atoms with Gasteiger partial charge >= 0.3 is 0 Å². The molecular weight excluding hydrogens is 749 g/mol. The number of fused-ring (bicyclic) bond motifs is 11. The Morgan fingerprint density at radius 1 is 0.525 bits per heavy atom. The summed E-state index contributed by atoms with van der Waals surface area (Å²) in [4.78, 5) is 4.83. The molecule has 0 radical (unpaired) electrons. The van der Waals surface area contributed by atoms with Gasteiger partial charge in [0, 0.05) is 44.5 Å². The van der Waals surface area contributed by atoms with Crippen LogP contribution in [0.15, 0.2) is 214 Å². The first kappa shape index (κ1) is 34.1. The molecule has 2 unspecified atom stereocenters.